The summed E-state index contributed by atoms with van der Waals surface area (Å²) in [6.45, 7) is 2.12. The van der Waals surface area contributed by atoms with Gasteiger partial charge in [-0.2, -0.15) is 0 Å². The van der Waals surface area contributed by atoms with Crippen LogP contribution in [0.3, 0.4) is 0 Å². The molecular formula is C12H22N2O. The molecule has 86 valence electrons. The molecule has 0 aromatic heterocycles. The zero-order valence-electron chi connectivity index (χ0n) is 9.54. The topological polar surface area (TPSA) is 55.1 Å². The van der Waals surface area contributed by atoms with Gasteiger partial charge in [0.1, 0.15) is 0 Å². The first-order chi connectivity index (χ1) is 7.16. The second-order valence-electron chi connectivity index (χ2n) is 5.26. The van der Waals surface area contributed by atoms with E-state index in [9.17, 15) is 4.79 Å². The van der Waals surface area contributed by atoms with E-state index < -0.39 is 0 Å². The molecule has 1 amide bonds. The van der Waals surface area contributed by atoms with E-state index >= 15 is 0 Å². The summed E-state index contributed by atoms with van der Waals surface area (Å²) in [5.41, 5.74) is 5.89. The lowest BCUT2D eigenvalue weighted by molar-refractivity contribution is -0.126. The molecule has 0 bridgehead atoms. The van der Waals surface area contributed by atoms with Crippen molar-refractivity contribution in [2.24, 2.45) is 17.6 Å². The van der Waals surface area contributed by atoms with Gasteiger partial charge in [0.2, 0.25) is 5.91 Å². The van der Waals surface area contributed by atoms with Crippen LogP contribution in [-0.4, -0.2) is 18.0 Å². The van der Waals surface area contributed by atoms with Gasteiger partial charge in [0, 0.05) is 18.0 Å². The minimum Gasteiger partial charge on any atom is -0.353 e. The fourth-order valence-electron chi connectivity index (χ4n) is 2.52. The molecule has 0 aromatic rings. The Kier molecular flexibility index (Phi) is 3.29. The normalized spacial score (nSPS) is 33.5. The SMILES string of the molecule is CC(NC(=O)C1CCCC(N)C1)C1CC1. The maximum absolute atomic E-state index is 11.9. The van der Waals surface area contributed by atoms with Crippen LogP contribution in [0.4, 0.5) is 0 Å². The summed E-state index contributed by atoms with van der Waals surface area (Å²) < 4.78 is 0. The molecule has 3 unspecified atom stereocenters. The van der Waals surface area contributed by atoms with Crippen LogP contribution in [0.15, 0.2) is 0 Å². The van der Waals surface area contributed by atoms with Crippen LogP contribution < -0.4 is 11.1 Å². The number of carbonyl (C=O) groups is 1. The van der Waals surface area contributed by atoms with Gasteiger partial charge in [0.05, 0.1) is 0 Å². The molecule has 3 heteroatoms. The third-order valence-corrected chi connectivity index (χ3v) is 3.78. The molecule has 15 heavy (non-hydrogen) atoms. The predicted octanol–water partition coefficient (Wildman–Crippen LogP) is 1.42. The van der Waals surface area contributed by atoms with Crippen molar-refractivity contribution in [3.8, 4) is 0 Å². The van der Waals surface area contributed by atoms with E-state index in [4.69, 9.17) is 5.73 Å². The molecule has 3 N–H and O–H groups in total. The molecule has 2 saturated carbocycles. The van der Waals surface area contributed by atoms with Gasteiger partial charge in [0.25, 0.3) is 0 Å². The molecule has 2 aliphatic rings. The Morgan fingerprint density at radius 2 is 2.07 bits per heavy atom. The number of nitrogens with one attached hydrogen (secondary N) is 1. The van der Waals surface area contributed by atoms with Gasteiger partial charge < -0.3 is 11.1 Å². The van der Waals surface area contributed by atoms with E-state index in [-0.39, 0.29) is 17.9 Å². The number of carbonyl (C=O) groups excluding carboxylic acids is 1. The molecule has 0 heterocycles. The van der Waals surface area contributed by atoms with E-state index in [1.807, 2.05) is 0 Å². The fraction of sp³-hybridized carbons (Fsp3) is 0.917. The van der Waals surface area contributed by atoms with Gasteiger partial charge in [-0.05, 0) is 44.9 Å². The van der Waals surface area contributed by atoms with E-state index in [0.29, 0.717) is 6.04 Å². The van der Waals surface area contributed by atoms with E-state index in [2.05, 4.69) is 12.2 Å². The summed E-state index contributed by atoms with van der Waals surface area (Å²) >= 11 is 0. The van der Waals surface area contributed by atoms with Gasteiger partial charge in [0.15, 0.2) is 0 Å². The van der Waals surface area contributed by atoms with Crippen molar-refractivity contribution in [1.29, 1.82) is 0 Å². The molecule has 3 atom stereocenters. The summed E-state index contributed by atoms with van der Waals surface area (Å²) in [5.74, 6) is 1.16. The highest BCUT2D eigenvalue weighted by atomic mass is 16.1. The lowest BCUT2D eigenvalue weighted by Crippen LogP contribution is -2.42. The molecule has 0 radical (unpaired) electrons. The quantitative estimate of drug-likeness (QED) is 0.740. The first kappa shape index (κ1) is 10.9. The van der Waals surface area contributed by atoms with Gasteiger partial charge >= 0.3 is 0 Å². The molecule has 0 aromatic carbocycles. The average Bonchev–Trinajstić information content (AvgIpc) is 3.00. The summed E-state index contributed by atoms with van der Waals surface area (Å²) in [6, 6.07) is 0.612. The minimum atomic E-state index is 0.176. The van der Waals surface area contributed by atoms with Crippen molar-refractivity contribution >= 4 is 5.91 Å². The lowest BCUT2D eigenvalue weighted by Gasteiger charge is -2.27. The summed E-state index contributed by atoms with van der Waals surface area (Å²) in [6.07, 6.45) is 6.66. The monoisotopic (exact) mass is 210 g/mol. The average molecular weight is 210 g/mol. The predicted molar refractivity (Wildman–Crippen MR) is 60.3 cm³/mol. The van der Waals surface area contributed by atoms with Crippen LogP contribution in [0.5, 0.6) is 0 Å². The largest absolute Gasteiger partial charge is 0.353 e. The van der Waals surface area contributed by atoms with E-state index in [1.165, 1.54) is 12.8 Å². The molecular weight excluding hydrogens is 188 g/mol. The Labute approximate surface area is 91.8 Å². The van der Waals surface area contributed by atoms with Crippen LogP contribution in [0.25, 0.3) is 0 Å². The zero-order chi connectivity index (χ0) is 10.8. The van der Waals surface area contributed by atoms with Crippen LogP contribution in [0.1, 0.15) is 45.4 Å². The molecule has 0 spiro atoms. The molecule has 2 aliphatic carbocycles. The smallest absolute Gasteiger partial charge is 0.223 e. The molecule has 0 saturated heterocycles. The van der Waals surface area contributed by atoms with Crippen molar-refractivity contribution < 1.29 is 4.79 Å². The van der Waals surface area contributed by atoms with Crippen LogP contribution in [-0.2, 0) is 4.79 Å². The first-order valence-electron chi connectivity index (χ1n) is 6.22. The standard InChI is InChI=1S/C12H22N2O/c1-8(9-5-6-9)14-12(15)10-3-2-4-11(13)7-10/h8-11H,2-7,13H2,1H3,(H,14,15). The maximum Gasteiger partial charge on any atom is 0.223 e. The Morgan fingerprint density at radius 3 is 2.67 bits per heavy atom. The summed E-state index contributed by atoms with van der Waals surface area (Å²) in [5, 5.41) is 3.14. The van der Waals surface area contributed by atoms with Crippen LogP contribution >= 0.6 is 0 Å². The molecule has 2 fully saturated rings. The van der Waals surface area contributed by atoms with E-state index in [1.54, 1.807) is 0 Å². The van der Waals surface area contributed by atoms with Crippen molar-refractivity contribution in [2.45, 2.75) is 57.5 Å². The van der Waals surface area contributed by atoms with Crippen molar-refractivity contribution in [1.82, 2.24) is 5.32 Å². The maximum atomic E-state index is 11.9. The van der Waals surface area contributed by atoms with Gasteiger partial charge in [-0.15, -0.1) is 0 Å². The second kappa shape index (κ2) is 4.52. The summed E-state index contributed by atoms with van der Waals surface area (Å²) in [7, 11) is 0. The third-order valence-electron chi connectivity index (χ3n) is 3.78. The van der Waals surface area contributed by atoms with Crippen molar-refractivity contribution in [3.05, 3.63) is 0 Å². The Bertz CT molecular complexity index is 238. The van der Waals surface area contributed by atoms with Gasteiger partial charge in [-0.1, -0.05) is 6.42 Å². The fourth-order valence-corrected chi connectivity index (χ4v) is 2.52. The third kappa shape index (κ3) is 2.94. The summed E-state index contributed by atoms with van der Waals surface area (Å²) in [4.78, 5) is 11.9. The number of amides is 1. The molecule has 3 nitrogen and oxygen atoms in total. The number of nitrogens with two attached hydrogens (primary N) is 1. The Morgan fingerprint density at radius 1 is 1.33 bits per heavy atom. The number of hydrogen-bond acceptors (Lipinski definition) is 2. The van der Waals surface area contributed by atoms with Crippen molar-refractivity contribution in [3.63, 3.8) is 0 Å². The van der Waals surface area contributed by atoms with E-state index in [0.717, 1.165) is 31.6 Å². The zero-order valence-corrected chi connectivity index (χ0v) is 9.54. The highest BCUT2D eigenvalue weighted by Gasteiger charge is 2.31. The van der Waals surface area contributed by atoms with Gasteiger partial charge in [-0.3, -0.25) is 4.79 Å². The lowest BCUT2D eigenvalue weighted by atomic mass is 9.85. The molecule has 0 aliphatic heterocycles. The number of rotatable bonds is 3. The Balaban J connectivity index is 1.78. The van der Waals surface area contributed by atoms with Crippen molar-refractivity contribution in [2.75, 3.05) is 0 Å². The first-order valence-corrected chi connectivity index (χ1v) is 6.22. The van der Waals surface area contributed by atoms with Crippen LogP contribution in [0, 0.1) is 11.8 Å². The second-order valence-corrected chi connectivity index (χ2v) is 5.26. The highest BCUT2D eigenvalue weighted by Crippen LogP contribution is 2.32. The van der Waals surface area contributed by atoms with Crippen LogP contribution in [0.2, 0.25) is 0 Å². The number of hydrogen-bond donors (Lipinski definition) is 2. The minimum absolute atomic E-state index is 0.176. The molecule has 2 rings (SSSR count). The Hall–Kier alpha value is -0.570. The highest BCUT2D eigenvalue weighted by molar-refractivity contribution is 5.79. The van der Waals surface area contributed by atoms with Gasteiger partial charge in [-0.25, -0.2) is 0 Å².